The molecule has 5 nitrogen and oxygen atoms in total. The van der Waals surface area contributed by atoms with Gasteiger partial charge in [-0.1, -0.05) is 0 Å². The Morgan fingerprint density at radius 1 is 1.35 bits per heavy atom. The van der Waals surface area contributed by atoms with Crippen LogP contribution in [0.4, 0.5) is 0 Å². The molecule has 0 amide bonds. The Balaban J connectivity index is 1.65. The van der Waals surface area contributed by atoms with Crippen molar-refractivity contribution in [2.24, 2.45) is 11.7 Å². The van der Waals surface area contributed by atoms with Crippen molar-refractivity contribution in [3.8, 4) is 0 Å². The van der Waals surface area contributed by atoms with Crippen molar-refractivity contribution in [2.45, 2.75) is 44.2 Å². The lowest BCUT2D eigenvalue weighted by Crippen LogP contribution is -2.37. The lowest BCUT2D eigenvalue weighted by molar-refractivity contribution is 0.0683. The first-order chi connectivity index (χ1) is 8.33. The summed E-state index contributed by atoms with van der Waals surface area (Å²) in [6.07, 6.45) is 7.35. The van der Waals surface area contributed by atoms with E-state index in [1.165, 1.54) is 0 Å². The van der Waals surface area contributed by atoms with Gasteiger partial charge in [0, 0.05) is 31.7 Å². The molecule has 1 aromatic rings. The molecule has 1 aliphatic carbocycles. The van der Waals surface area contributed by atoms with Gasteiger partial charge in [-0.25, -0.2) is 0 Å². The number of aromatic nitrogens is 3. The van der Waals surface area contributed by atoms with E-state index < -0.39 is 0 Å². The minimum absolute atomic E-state index is 0.416. The molecule has 17 heavy (non-hydrogen) atoms. The molecule has 5 heteroatoms. The van der Waals surface area contributed by atoms with Gasteiger partial charge in [0.2, 0.25) is 0 Å². The molecule has 1 saturated carbocycles. The van der Waals surface area contributed by atoms with E-state index in [2.05, 4.69) is 14.8 Å². The van der Waals surface area contributed by atoms with E-state index >= 15 is 0 Å². The standard InChI is InChI=1S/C12H20N4O/c13-10-5-9(6-10)7-12-15-14-8-16(12)11-1-3-17-4-2-11/h8-11H,1-7,13H2. The van der Waals surface area contributed by atoms with Gasteiger partial charge in [-0.3, -0.25) is 0 Å². The fourth-order valence-corrected chi connectivity index (χ4v) is 2.89. The Morgan fingerprint density at radius 2 is 2.12 bits per heavy atom. The Bertz CT molecular complexity index is 366. The quantitative estimate of drug-likeness (QED) is 0.847. The van der Waals surface area contributed by atoms with Crippen LogP contribution in [0.15, 0.2) is 6.33 Å². The summed E-state index contributed by atoms with van der Waals surface area (Å²) in [6, 6.07) is 0.946. The third-order valence-corrected chi connectivity index (χ3v) is 3.97. The molecule has 0 bridgehead atoms. The fourth-order valence-electron chi connectivity index (χ4n) is 2.89. The maximum Gasteiger partial charge on any atom is 0.133 e. The van der Waals surface area contributed by atoms with Crippen LogP contribution in [-0.4, -0.2) is 34.0 Å². The van der Waals surface area contributed by atoms with Crippen LogP contribution in [0.5, 0.6) is 0 Å². The number of nitrogens with two attached hydrogens (primary N) is 1. The van der Waals surface area contributed by atoms with Crippen molar-refractivity contribution in [3.63, 3.8) is 0 Å². The van der Waals surface area contributed by atoms with E-state index in [9.17, 15) is 0 Å². The number of hydrogen-bond acceptors (Lipinski definition) is 4. The van der Waals surface area contributed by atoms with E-state index in [-0.39, 0.29) is 0 Å². The zero-order valence-electron chi connectivity index (χ0n) is 10.1. The van der Waals surface area contributed by atoms with Gasteiger partial charge in [-0.05, 0) is 31.6 Å². The third-order valence-electron chi connectivity index (χ3n) is 3.97. The normalized spacial score (nSPS) is 30.2. The number of ether oxygens (including phenoxy) is 1. The van der Waals surface area contributed by atoms with Crippen molar-refractivity contribution in [3.05, 3.63) is 12.2 Å². The van der Waals surface area contributed by atoms with Gasteiger partial charge in [0.05, 0.1) is 0 Å². The van der Waals surface area contributed by atoms with Crippen LogP contribution < -0.4 is 5.73 Å². The molecular weight excluding hydrogens is 216 g/mol. The van der Waals surface area contributed by atoms with Crippen LogP contribution in [0.3, 0.4) is 0 Å². The van der Waals surface area contributed by atoms with Gasteiger partial charge in [0.1, 0.15) is 12.2 Å². The maximum absolute atomic E-state index is 5.82. The summed E-state index contributed by atoms with van der Waals surface area (Å²) in [5.41, 5.74) is 5.82. The van der Waals surface area contributed by atoms with Gasteiger partial charge in [-0.15, -0.1) is 10.2 Å². The molecule has 1 aromatic heterocycles. The van der Waals surface area contributed by atoms with Gasteiger partial charge < -0.3 is 15.0 Å². The van der Waals surface area contributed by atoms with E-state index in [1.807, 2.05) is 6.33 Å². The third kappa shape index (κ3) is 2.35. The molecule has 94 valence electrons. The Kier molecular flexibility index (Phi) is 3.11. The van der Waals surface area contributed by atoms with E-state index in [0.717, 1.165) is 51.1 Å². The van der Waals surface area contributed by atoms with Crippen LogP contribution in [0.25, 0.3) is 0 Å². The molecule has 0 unspecified atom stereocenters. The topological polar surface area (TPSA) is 66.0 Å². The molecule has 2 aliphatic rings. The van der Waals surface area contributed by atoms with Gasteiger partial charge in [0.25, 0.3) is 0 Å². The fraction of sp³-hybridized carbons (Fsp3) is 0.833. The predicted molar refractivity (Wildman–Crippen MR) is 63.5 cm³/mol. The highest BCUT2D eigenvalue weighted by Crippen LogP contribution is 2.30. The first-order valence-electron chi connectivity index (χ1n) is 6.54. The molecule has 0 aromatic carbocycles. The zero-order chi connectivity index (χ0) is 11.7. The maximum atomic E-state index is 5.82. The zero-order valence-corrected chi connectivity index (χ0v) is 10.1. The van der Waals surface area contributed by atoms with Crippen molar-refractivity contribution in [1.29, 1.82) is 0 Å². The minimum Gasteiger partial charge on any atom is -0.381 e. The van der Waals surface area contributed by atoms with Crippen molar-refractivity contribution < 1.29 is 4.74 Å². The van der Waals surface area contributed by atoms with Crippen LogP contribution >= 0.6 is 0 Å². The second-order valence-corrected chi connectivity index (χ2v) is 5.30. The van der Waals surface area contributed by atoms with E-state index in [1.54, 1.807) is 0 Å². The van der Waals surface area contributed by atoms with Crippen molar-refractivity contribution in [1.82, 2.24) is 14.8 Å². The number of rotatable bonds is 3. The smallest absolute Gasteiger partial charge is 0.133 e. The molecule has 0 spiro atoms. The van der Waals surface area contributed by atoms with Gasteiger partial charge in [-0.2, -0.15) is 0 Å². The van der Waals surface area contributed by atoms with Crippen LogP contribution in [-0.2, 0) is 11.2 Å². The van der Waals surface area contributed by atoms with Crippen molar-refractivity contribution in [2.75, 3.05) is 13.2 Å². The first-order valence-corrected chi connectivity index (χ1v) is 6.54. The molecule has 2 fully saturated rings. The molecule has 0 radical (unpaired) electrons. The number of nitrogens with zero attached hydrogens (tertiary/aromatic N) is 3. The molecular formula is C12H20N4O. The highest BCUT2D eigenvalue weighted by Gasteiger charge is 2.28. The summed E-state index contributed by atoms with van der Waals surface area (Å²) in [5, 5.41) is 8.34. The summed E-state index contributed by atoms with van der Waals surface area (Å²) >= 11 is 0. The molecule has 2 heterocycles. The predicted octanol–water partition coefficient (Wildman–Crippen LogP) is 0.909. The molecule has 1 saturated heterocycles. The molecule has 0 atom stereocenters. The molecule has 3 rings (SSSR count). The summed E-state index contributed by atoms with van der Waals surface area (Å²) in [5.74, 6) is 1.85. The summed E-state index contributed by atoms with van der Waals surface area (Å²) in [6.45, 7) is 1.72. The molecule has 1 aliphatic heterocycles. The lowest BCUT2D eigenvalue weighted by atomic mass is 9.78. The highest BCUT2D eigenvalue weighted by atomic mass is 16.5. The average Bonchev–Trinajstić information content (AvgIpc) is 2.76. The monoisotopic (exact) mass is 236 g/mol. The second kappa shape index (κ2) is 4.74. The van der Waals surface area contributed by atoms with Crippen molar-refractivity contribution >= 4 is 0 Å². The summed E-state index contributed by atoms with van der Waals surface area (Å²) in [7, 11) is 0. The van der Waals surface area contributed by atoms with Crippen LogP contribution in [0.2, 0.25) is 0 Å². The average molecular weight is 236 g/mol. The van der Waals surface area contributed by atoms with E-state index in [4.69, 9.17) is 10.5 Å². The summed E-state index contributed by atoms with van der Waals surface area (Å²) in [4.78, 5) is 0. The Hall–Kier alpha value is -0.940. The number of hydrogen-bond donors (Lipinski definition) is 1. The van der Waals surface area contributed by atoms with Gasteiger partial charge >= 0.3 is 0 Å². The second-order valence-electron chi connectivity index (χ2n) is 5.30. The Labute approximate surface area is 101 Å². The van der Waals surface area contributed by atoms with E-state index in [0.29, 0.717) is 18.0 Å². The first kappa shape index (κ1) is 11.2. The Morgan fingerprint density at radius 3 is 2.82 bits per heavy atom. The largest absolute Gasteiger partial charge is 0.381 e. The minimum atomic E-state index is 0.416. The van der Waals surface area contributed by atoms with Crippen LogP contribution in [0, 0.1) is 5.92 Å². The molecule has 2 N–H and O–H groups in total. The van der Waals surface area contributed by atoms with Gasteiger partial charge in [0.15, 0.2) is 0 Å². The van der Waals surface area contributed by atoms with Crippen LogP contribution in [0.1, 0.15) is 37.5 Å². The lowest BCUT2D eigenvalue weighted by Gasteiger charge is -2.32. The summed E-state index contributed by atoms with van der Waals surface area (Å²) < 4.78 is 7.65. The highest BCUT2D eigenvalue weighted by molar-refractivity contribution is 4.96. The SMILES string of the molecule is NC1CC(Cc2nncn2C2CCOCC2)C1.